The van der Waals surface area contributed by atoms with E-state index in [1.54, 1.807) is 18.2 Å². The summed E-state index contributed by atoms with van der Waals surface area (Å²) in [6.07, 6.45) is 7.05. The zero-order valence-electron chi connectivity index (χ0n) is 16.4. The third-order valence-corrected chi connectivity index (χ3v) is 5.59. The SMILES string of the molecule is C=CCOc1ccc([C@@H]2Nc3ccc(C(=O)O)cc3[C@@H]3C=CC[C@@H]32)cc1OCC. The molecule has 3 atom stereocenters. The molecule has 150 valence electrons. The van der Waals surface area contributed by atoms with Gasteiger partial charge >= 0.3 is 5.97 Å². The van der Waals surface area contributed by atoms with Crippen molar-refractivity contribution >= 4 is 11.7 Å². The number of nitrogens with one attached hydrogen (secondary N) is 1. The van der Waals surface area contributed by atoms with E-state index in [9.17, 15) is 9.90 Å². The van der Waals surface area contributed by atoms with Gasteiger partial charge in [-0.05, 0) is 60.7 Å². The number of hydrogen-bond acceptors (Lipinski definition) is 4. The largest absolute Gasteiger partial charge is 0.490 e. The predicted molar refractivity (Wildman–Crippen MR) is 113 cm³/mol. The number of ether oxygens (including phenoxy) is 2. The van der Waals surface area contributed by atoms with Crippen molar-refractivity contribution in [3.05, 3.63) is 77.9 Å². The molecule has 0 unspecified atom stereocenters. The summed E-state index contributed by atoms with van der Waals surface area (Å²) in [7, 11) is 0. The maximum Gasteiger partial charge on any atom is 0.335 e. The first-order valence-electron chi connectivity index (χ1n) is 9.93. The predicted octanol–water partition coefficient (Wildman–Crippen LogP) is 5.17. The van der Waals surface area contributed by atoms with Crippen LogP contribution in [0.3, 0.4) is 0 Å². The quantitative estimate of drug-likeness (QED) is 0.637. The van der Waals surface area contributed by atoms with Crippen LogP contribution in [0.25, 0.3) is 0 Å². The van der Waals surface area contributed by atoms with Crippen molar-refractivity contribution in [1.29, 1.82) is 0 Å². The van der Waals surface area contributed by atoms with Crippen LogP contribution in [0.2, 0.25) is 0 Å². The molecule has 5 nitrogen and oxygen atoms in total. The second-order valence-electron chi connectivity index (χ2n) is 7.32. The van der Waals surface area contributed by atoms with Crippen molar-refractivity contribution in [2.45, 2.75) is 25.3 Å². The fourth-order valence-corrected chi connectivity index (χ4v) is 4.31. The highest BCUT2D eigenvalue weighted by atomic mass is 16.5. The van der Waals surface area contributed by atoms with Crippen LogP contribution in [0.5, 0.6) is 11.5 Å². The Morgan fingerprint density at radius 2 is 2.10 bits per heavy atom. The van der Waals surface area contributed by atoms with Crippen molar-refractivity contribution in [3.63, 3.8) is 0 Å². The van der Waals surface area contributed by atoms with Crippen LogP contribution in [-0.4, -0.2) is 24.3 Å². The molecule has 2 aliphatic rings. The van der Waals surface area contributed by atoms with Gasteiger partial charge in [0.15, 0.2) is 11.5 Å². The lowest BCUT2D eigenvalue weighted by Crippen LogP contribution is -2.29. The van der Waals surface area contributed by atoms with Gasteiger partial charge in [-0.1, -0.05) is 30.9 Å². The van der Waals surface area contributed by atoms with Crippen molar-refractivity contribution in [3.8, 4) is 11.5 Å². The van der Waals surface area contributed by atoms with Gasteiger partial charge in [0.25, 0.3) is 0 Å². The van der Waals surface area contributed by atoms with Gasteiger partial charge < -0.3 is 19.9 Å². The van der Waals surface area contributed by atoms with E-state index in [2.05, 4.69) is 30.1 Å². The Labute approximate surface area is 170 Å². The molecule has 1 aliphatic heterocycles. The summed E-state index contributed by atoms with van der Waals surface area (Å²) in [5.74, 6) is 1.05. The number of fused-ring (bicyclic) bond motifs is 3. The van der Waals surface area contributed by atoms with Crippen LogP contribution < -0.4 is 14.8 Å². The molecule has 0 amide bonds. The monoisotopic (exact) mass is 391 g/mol. The molecule has 0 saturated carbocycles. The number of aromatic carboxylic acids is 1. The van der Waals surface area contributed by atoms with E-state index in [-0.39, 0.29) is 12.0 Å². The molecule has 0 fully saturated rings. The lowest BCUT2D eigenvalue weighted by molar-refractivity contribution is 0.0696. The molecule has 0 aromatic heterocycles. The van der Waals surface area contributed by atoms with E-state index in [4.69, 9.17) is 9.47 Å². The molecule has 0 spiro atoms. The Kier molecular flexibility index (Phi) is 5.30. The number of hydrogen-bond donors (Lipinski definition) is 2. The van der Waals surface area contributed by atoms with Crippen molar-refractivity contribution < 1.29 is 19.4 Å². The van der Waals surface area contributed by atoms with E-state index in [0.29, 0.717) is 30.4 Å². The van der Waals surface area contributed by atoms with Crippen molar-refractivity contribution in [2.24, 2.45) is 5.92 Å². The van der Waals surface area contributed by atoms with E-state index >= 15 is 0 Å². The Morgan fingerprint density at radius 3 is 2.86 bits per heavy atom. The summed E-state index contributed by atoms with van der Waals surface area (Å²) in [4.78, 5) is 11.4. The summed E-state index contributed by atoms with van der Waals surface area (Å²) in [6.45, 7) is 6.63. The third kappa shape index (κ3) is 3.60. The number of anilines is 1. The van der Waals surface area contributed by atoms with Gasteiger partial charge in [-0.15, -0.1) is 0 Å². The highest BCUT2D eigenvalue weighted by Gasteiger charge is 2.38. The highest BCUT2D eigenvalue weighted by Crippen LogP contribution is 2.50. The number of carbonyl (C=O) groups is 1. The molecule has 2 N–H and O–H groups in total. The number of benzene rings is 2. The minimum Gasteiger partial charge on any atom is -0.490 e. The average molecular weight is 391 g/mol. The molecule has 1 heterocycles. The first-order chi connectivity index (χ1) is 14.1. The first kappa shape index (κ1) is 19.1. The minimum atomic E-state index is -0.898. The standard InChI is InChI=1S/C24H25NO4/c1-3-12-29-21-11-9-15(14-22(21)28-4-2)23-18-7-5-6-17(18)19-13-16(24(26)27)8-10-20(19)25-23/h3,5-6,8-11,13-14,17-18,23,25H,1,4,7,12H2,2H3,(H,26,27)/t17-,18+,23+/m1/s1. The van der Waals surface area contributed by atoms with Crippen molar-refractivity contribution in [2.75, 3.05) is 18.5 Å². The zero-order chi connectivity index (χ0) is 20.4. The fraction of sp³-hybridized carbons (Fsp3) is 0.292. The maximum absolute atomic E-state index is 11.4. The zero-order valence-corrected chi connectivity index (χ0v) is 16.4. The Hall–Kier alpha value is -3.21. The Morgan fingerprint density at radius 1 is 1.24 bits per heavy atom. The molecule has 2 aromatic rings. The lowest BCUT2D eigenvalue weighted by Gasteiger charge is -2.37. The summed E-state index contributed by atoms with van der Waals surface area (Å²) < 4.78 is 11.5. The van der Waals surface area contributed by atoms with Crippen LogP contribution in [0, 0.1) is 5.92 Å². The van der Waals surface area contributed by atoms with Gasteiger partial charge in [-0.25, -0.2) is 4.79 Å². The van der Waals surface area contributed by atoms with Gasteiger partial charge in [-0.2, -0.15) is 0 Å². The molecule has 5 heteroatoms. The highest BCUT2D eigenvalue weighted by molar-refractivity contribution is 5.89. The summed E-state index contributed by atoms with van der Waals surface area (Å²) >= 11 is 0. The normalized spacial score (nSPS) is 21.6. The van der Waals surface area contributed by atoms with Gasteiger partial charge in [0.2, 0.25) is 0 Å². The van der Waals surface area contributed by atoms with Gasteiger partial charge in [0, 0.05) is 11.6 Å². The average Bonchev–Trinajstić information content (AvgIpc) is 3.22. The Balaban J connectivity index is 1.70. The molecule has 0 bridgehead atoms. The molecule has 0 saturated heterocycles. The summed E-state index contributed by atoms with van der Waals surface area (Å²) in [6, 6.07) is 11.5. The van der Waals surface area contributed by atoms with Crippen LogP contribution in [-0.2, 0) is 0 Å². The van der Waals surface area contributed by atoms with Crippen LogP contribution in [0.1, 0.15) is 46.8 Å². The minimum absolute atomic E-state index is 0.103. The first-order valence-corrected chi connectivity index (χ1v) is 9.93. The van der Waals surface area contributed by atoms with Crippen LogP contribution in [0.15, 0.2) is 61.2 Å². The maximum atomic E-state index is 11.4. The molecule has 4 rings (SSSR count). The van der Waals surface area contributed by atoms with Gasteiger partial charge in [0.1, 0.15) is 6.61 Å². The van der Waals surface area contributed by atoms with E-state index in [1.807, 2.05) is 25.1 Å². The second-order valence-corrected chi connectivity index (χ2v) is 7.32. The topological polar surface area (TPSA) is 67.8 Å². The lowest BCUT2D eigenvalue weighted by atomic mass is 9.76. The summed E-state index contributed by atoms with van der Waals surface area (Å²) in [5.41, 5.74) is 3.49. The van der Waals surface area contributed by atoms with E-state index in [0.717, 1.165) is 29.0 Å². The van der Waals surface area contributed by atoms with Crippen LogP contribution in [0.4, 0.5) is 5.69 Å². The molecular weight excluding hydrogens is 366 g/mol. The van der Waals surface area contributed by atoms with Gasteiger partial charge in [0.05, 0.1) is 18.2 Å². The van der Waals surface area contributed by atoms with Gasteiger partial charge in [-0.3, -0.25) is 0 Å². The van der Waals surface area contributed by atoms with E-state index in [1.165, 1.54) is 0 Å². The van der Waals surface area contributed by atoms with Crippen LogP contribution >= 0.6 is 0 Å². The third-order valence-electron chi connectivity index (χ3n) is 5.59. The number of carboxylic acids is 1. The molecule has 0 radical (unpaired) electrons. The second kappa shape index (κ2) is 8.03. The molecular formula is C24H25NO4. The molecule has 2 aromatic carbocycles. The molecule has 1 aliphatic carbocycles. The fourth-order valence-electron chi connectivity index (χ4n) is 4.31. The van der Waals surface area contributed by atoms with Crippen molar-refractivity contribution in [1.82, 2.24) is 0 Å². The summed E-state index contributed by atoms with van der Waals surface area (Å²) in [5, 5.41) is 13.0. The van der Waals surface area contributed by atoms with E-state index < -0.39 is 5.97 Å². The molecule has 29 heavy (non-hydrogen) atoms. The number of carboxylic acid groups (broad SMARTS) is 1. The smallest absolute Gasteiger partial charge is 0.335 e. The number of allylic oxidation sites excluding steroid dienone is 2. The Bertz CT molecular complexity index is 965. The number of rotatable bonds is 7.